The molecular weight excluding hydrogens is 266 g/mol. The fourth-order valence-electron chi connectivity index (χ4n) is 2.52. The molecule has 0 aromatic rings. The van der Waals surface area contributed by atoms with Gasteiger partial charge in [-0.05, 0) is 67.5 Å². The molecule has 0 radical (unpaired) electrons. The second-order valence-corrected chi connectivity index (χ2v) is 7.36. The van der Waals surface area contributed by atoms with E-state index in [1.165, 1.54) is 12.8 Å². The van der Waals surface area contributed by atoms with Gasteiger partial charge in [0, 0.05) is 24.7 Å². The van der Waals surface area contributed by atoms with E-state index in [1.807, 2.05) is 27.7 Å². The van der Waals surface area contributed by atoms with Gasteiger partial charge in [0.15, 0.2) is 0 Å². The van der Waals surface area contributed by atoms with Crippen LogP contribution >= 0.6 is 0 Å². The zero-order valence-electron chi connectivity index (χ0n) is 14.5. The zero-order valence-corrected chi connectivity index (χ0v) is 14.5. The Morgan fingerprint density at radius 2 is 1.81 bits per heavy atom. The lowest BCUT2D eigenvalue weighted by atomic mass is 10.0. The summed E-state index contributed by atoms with van der Waals surface area (Å²) in [7, 11) is 0. The van der Waals surface area contributed by atoms with Crippen molar-refractivity contribution in [1.29, 1.82) is 0 Å². The van der Waals surface area contributed by atoms with Crippen LogP contribution in [0, 0.1) is 0 Å². The Balaban J connectivity index is 2.19. The zero-order chi connectivity index (χ0) is 16.0. The van der Waals surface area contributed by atoms with Gasteiger partial charge in [-0.25, -0.2) is 4.79 Å². The number of alkyl carbamates (subject to hydrolysis) is 1. The number of amides is 1. The molecule has 1 saturated heterocycles. The fraction of sp³-hybridized carbons (Fsp3) is 0.938. The first-order valence-electron chi connectivity index (χ1n) is 8.14. The van der Waals surface area contributed by atoms with E-state index in [-0.39, 0.29) is 12.1 Å². The number of piperidine rings is 1. The Morgan fingerprint density at radius 1 is 1.24 bits per heavy atom. The first kappa shape index (κ1) is 18.2. The number of ether oxygens (including phenoxy) is 1. The normalized spacial score (nSPS) is 19.6. The Kier molecular flexibility index (Phi) is 6.94. The van der Waals surface area contributed by atoms with Gasteiger partial charge < -0.3 is 20.3 Å². The SMILES string of the molecule is CC(CNC1CCN(C(C)C)CC1)NC(=O)OC(C)(C)C. The summed E-state index contributed by atoms with van der Waals surface area (Å²) in [5, 5.41) is 6.42. The van der Waals surface area contributed by atoms with E-state index < -0.39 is 5.60 Å². The van der Waals surface area contributed by atoms with Crippen molar-refractivity contribution in [3.05, 3.63) is 0 Å². The van der Waals surface area contributed by atoms with Crippen molar-refractivity contribution in [3.8, 4) is 0 Å². The molecule has 5 heteroatoms. The summed E-state index contributed by atoms with van der Waals surface area (Å²) in [6.07, 6.45) is 2.01. The highest BCUT2D eigenvalue weighted by Gasteiger charge is 2.21. The molecule has 1 rings (SSSR count). The summed E-state index contributed by atoms with van der Waals surface area (Å²) < 4.78 is 5.26. The fourth-order valence-corrected chi connectivity index (χ4v) is 2.52. The number of carbonyl (C=O) groups excluding carboxylic acids is 1. The van der Waals surface area contributed by atoms with Crippen LogP contribution in [0.5, 0.6) is 0 Å². The topological polar surface area (TPSA) is 53.6 Å². The Morgan fingerprint density at radius 3 is 2.29 bits per heavy atom. The molecule has 1 fully saturated rings. The van der Waals surface area contributed by atoms with Gasteiger partial charge in [-0.2, -0.15) is 0 Å². The molecule has 124 valence electrons. The number of hydrogen-bond acceptors (Lipinski definition) is 4. The van der Waals surface area contributed by atoms with E-state index in [0.29, 0.717) is 12.1 Å². The van der Waals surface area contributed by atoms with Crippen molar-refractivity contribution in [3.63, 3.8) is 0 Å². The van der Waals surface area contributed by atoms with Crippen molar-refractivity contribution in [1.82, 2.24) is 15.5 Å². The van der Waals surface area contributed by atoms with Crippen LogP contribution in [0.4, 0.5) is 4.79 Å². The van der Waals surface area contributed by atoms with Gasteiger partial charge in [-0.15, -0.1) is 0 Å². The molecule has 1 unspecified atom stereocenters. The second kappa shape index (κ2) is 7.99. The molecule has 5 nitrogen and oxygen atoms in total. The van der Waals surface area contributed by atoms with Crippen molar-refractivity contribution in [2.24, 2.45) is 0 Å². The largest absolute Gasteiger partial charge is 0.444 e. The van der Waals surface area contributed by atoms with E-state index in [4.69, 9.17) is 4.74 Å². The van der Waals surface area contributed by atoms with E-state index in [1.54, 1.807) is 0 Å². The average molecular weight is 299 g/mol. The molecular formula is C16H33N3O2. The molecule has 0 aromatic carbocycles. The predicted molar refractivity (Wildman–Crippen MR) is 86.6 cm³/mol. The third-order valence-electron chi connectivity index (χ3n) is 3.74. The number of nitrogens with one attached hydrogen (secondary N) is 2. The van der Waals surface area contributed by atoms with Crippen LogP contribution in [-0.2, 0) is 4.74 Å². The molecule has 1 aliphatic heterocycles. The number of likely N-dealkylation sites (tertiary alicyclic amines) is 1. The standard InChI is InChI=1S/C16H33N3O2/c1-12(2)19-9-7-14(8-10-19)17-11-13(3)18-15(20)21-16(4,5)6/h12-14,17H,7-11H2,1-6H3,(H,18,20). The maximum absolute atomic E-state index is 11.7. The Labute approximate surface area is 129 Å². The highest BCUT2D eigenvalue weighted by Crippen LogP contribution is 2.13. The third kappa shape index (κ3) is 7.67. The van der Waals surface area contributed by atoms with Crippen LogP contribution in [0.2, 0.25) is 0 Å². The van der Waals surface area contributed by atoms with Crippen molar-refractivity contribution < 1.29 is 9.53 Å². The number of rotatable bonds is 5. The van der Waals surface area contributed by atoms with E-state index in [2.05, 4.69) is 29.4 Å². The van der Waals surface area contributed by atoms with Gasteiger partial charge in [-0.3, -0.25) is 0 Å². The summed E-state index contributed by atoms with van der Waals surface area (Å²) in [6.45, 7) is 15.2. The Hall–Kier alpha value is -0.810. The Bertz CT molecular complexity index is 318. The molecule has 0 saturated carbocycles. The minimum Gasteiger partial charge on any atom is -0.444 e. The van der Waals surface area contributed by atoms with Gasteiger partial charge in [0.25, 0.3) is 0 Å². The third-order valence-corrected chi connectivity index (χ3v) is 3.74. The van der Waals surface area contributed by atoms with Crippen molar-refractivity contribution >= 4 is 6.09 Å². The van der Waals surface area contributed by atoms with Crippen molar-refractivity contribution in [2.75, 3.05) is 19.6 Å². The number of hydrogen-bond donors (Lipinski definition) is 2. The van der Waals surface area contributed by atoms with Crippen LogP contribution in [0.25, 0.3) is 0 Å². The van der Waals surface area contributed by atoms with Gasteiger partial charge in [0.2, 0.25) is 0 Å². The average Bonchev–Trinajstić information content (AvgIpc) is 2.34. The van der Waals surface area contributed by atoms with Gasteiger partial charge >= 0.3 is 6.09 Å². The molecule has 1 aliphatic rings. The minimum atomic E-state index is -0.444. The van der Waals surface area contributed by atoms with Gasteiger partial charge in [0.05, 0.1) is 0 Å². The molecule has 0 aliphatic carbocycles. The molecule has 2 N–H and O–H groups in total. The molecule has 0 spiro atoms. The smallest absolute Gasteiger partial charge is 0.407 e. The first-order chi connectivity index (χ1) is 9.67. The number of nitrogens with zero attached hydrogens (tertiary/aromatic N) is 1. The maximum atomic E-state index is 11.7. The van der Waals surface area contributed by atoms with Crippen molar-refractivity contribution in [2.45, 2.75) is 78.1 Å². The van der Waals surface area contributed by atoms with Gasteiger partial charge in [0.1, 0.15) is 5.60 Å². The first-order valence-corrected chi connectivity index (χ1v) is 8.14. The highest BCUT2D eigenvalue weighted by atomic mass is 16.6. The number of carbonyl (C=O) groups is 1. The van der Waals surface area contributed by atoms with Crippen LogP contribution in [-0.4, -0.2) is 54.4 Å². The van der Waals surface area contributed by atoms with E-state index in [0.717, 1.165) is 19.6 Å². The molecule has 1 heterocycles. The predicted octanol–water partition coefficient (Wildman–Crippen LogP) is 2.36. The molecule has 1 atom stereocenters. The van der Waals surface area contributed by atoms with Crippen LogP contribution in [0.3, 0.4) is 0 Å². The summed E-state index contributed by atoms with van der Waals surface area (Å²) in [5.74, 6) is 0. The van der Waals surface area contributed by atoms with Crippen LogP contribution in [0.15, 0.2) is 0 Å². The van der Waals surface area contributed by atoms with Gasteiger partial charge in [-0.1, -0.05) is 0 Å². The van der Waals surface area contributed by atoms with Crippen LogP contribution in [0.1, 0.15) is 54.4 Å². The minimum absolute atomic E-state index is 0.0722. The van der Waals surface area contributed by atoms with Crippen LogP contribution < -0.4 is 10.6 Å². The molecule has 0 aromatic heterocycles. The molecule has 21 heavy (non-hydrogen) atoms. The summed E-state index contributed by atoms with van der Waals surface area (Å²) in [5.41, 5.74) is -0.444. The lowest BCUT2D eigenvalue weighted by Crippen LogP contribution is -2.49. The van der Waals surface area contributed by atoms with E-state index in [9.17, 15) is 4.79 Å². The maximum Gasteiger partial charge on any atom is 0.407 e. The second-order valence-electron chi connectivity index (χ2n) is 7.36. The van der Waals surface area contributed by atoms with E-state index >= 15 is 0 Å². The molecule has 0 bridgehead atoms. The molecule has 1 amide bonds. The lowest BCUT2D eigenvalue weighted by Gasteiger charge is -2.35. The monoisotopic (exact) mass is 299 g/mol. The highest BCUT2D eigenvalue weighted by molar-refractivity contribution is 5.68. The summed E-state index contributed by atoms with van der Waals surface area (Å²) in [4.78, 5) is 14.2. The summed E-state index contributed by atoms with van der Waals surface area (Å²) in [6, 6.07) is 1.27. The summed E-state index contributed by atoms with van der Waals surface area (Å²) >= 11 is 0. The quantitative estimate of drug-likeness (QED) is 0.818. The lowest BCUT2D eigenvalue weighted by molar-refractivity contribution is 0.0506.